The molecule has 2 N–H and O–H groups in total. The maximum absolute atomic E-state index is 14.6. The molecule has 0 saturated carbocycles. The third-order valence-corrected chi connectivity index (χ3v) is 8.20. The molecule has 4 amide bonds. The van der Waals surface area contributed by atoms with Crippen molar-refractivity contribution in [3.63, 3.8) is 0 Å². The van der Waals surface area contributed by atoms with Crippen molar-refractivity contribution >= 4 is 58.1 Å². The first-order chi connectivity index (χ1) is 23.9. The molecule has 4 rings (SSSR count). The molecule has 12 heteroatoms. The largest absolute Gasteiger partial charge is 0.462 e. The highest BCUT2D eigenvalue weighted by Crippen LogP contribution is 2.48. The highest BCUT2D eigenvalue weighted by molar-refractivity contribution is 6.50. The molecular weight excluding hydrogens is 640 g/mol. The van der Waals surface area contributed by atoms with Gasteiger partial charge in [0.1, 0.15) is 25.3 Å². The molecule has 2 unspecified atom stereocenters. The summed E-state index contributed by atoms with van der Waals surface area (Å²) in [4.78, 5) is 82.3. The zero-order valence-electron chi connectivity index (χ0n) is 28.9. The van der Waals surface area contributed by atoms with E-state index < -0.39 is 47.7 Å². The van der Waals surface area contributed by atoms with E-state index in [1.54, 1.807) is 48.5 Å². The number of nitrogens with one attached hydrogen (secondary N) is 2. The Hall–Kier alpha value is -5.52. The molecule has 2 heterocycles. The lowest BCUT2D eigenvalue weighted by Gasteiger charge is -2.28. The van der Waals surface area contributed by atoms with Gasteiger partial charge in [-0.3, -0.25) is 29.0 Å². The second-order valence-electron chi connectivity index (χ2n) is 12.8. The SMILES string of the molecule is C=CC(=O)NCCOC(=O)C(CC(C)C)N1C(=O)/C(=C2/C(=O)N(C(CC(C)C)C(=O)OCCNC(=O)C=C)c3ccccc32)c2ccccc21. The topological polar surface area (TPSA) is 151 Å². The first kappa shape index (κ1) is 37.3. The Morgan fingerprint density at radius 2 is 1.02 bits per heavy atom. The van der Waals surface area contributed by atoms with E-state index in [-0.39, 0.29) is 62.1 Å². The smallest absolute Gasteiger partial charge is 0.329 e. The molecule has 2 aliphatic heterocycles. The normalized spacial score (nSPS) is 16.1. The van der Waals surface area contributed by atoms with Crippen LogP contribution < -0.4 is 20.4 Å². The first-order valence-corrected chi connectivity index (χ1v) is 16.6. The lowest BCUT2D eigenvalue weighted by atomic mass is 9.96. The van der Waals surface area contributed by atoms with Crippen LogP contribution in [0.15, 0.2) is 73.8 Å². The summed E-state index contributed by atoms with van der Waals surface area (Å²) in [5.74, 6) is -3.23. The van der Waals surface area contributed by atoms with Crippen LogP contribution in [0.3, 0.4) is 0 Å². The molecule has 0 radical (unpaired) electrons. The number of hydrogen-bond donors (Lipinski definition) is 2. The Morgan fingerprint density at radius 1 is 0.660 bits per heavy atom. The van der Waals surface area contributed by atoms with Crippen molar-refractivity contribution in [3.05, 3.63) is 85.0 Å². The molecule has 264 valence electrons. The number of carbonyl (C=O) groups is 6. The van der Waals surface area contributed by atoms with Gasteiger partial charge in [-0.1, -0.05) is 77.3 Å². The lowest BCUT2D eigenvalue weighted by Crippen LogP contribution is -2.46. The van der Waals surface area contributed by atoms with Crippen molar-refractivity contribution in [2.75, 3.05) is 36.1 Å². The van der Waals surface area contributed by atoms with Gasteiger partial charge in [0.25, 0.3) is 11.8 Å². The molecule has 2 atom stereocenters. The summed E-state index contributed by atoms with van der Waals surface area (Å²) in [6.07, 6.45) is 2.77. The Morgan fingerprint density at radius 3 is 1.36 bits per heavy atom. The van der Waals surface area contributed by atoms with Gasteiger partial charge < -0.3 is 20.1 Å². The van der Waals surface area contributed by atoms with E-state index >= 15 is 0 Å². The second-order valence-corrected chi connectivity index (χ2v) is 12.8. The molecule has 50 heavy (non-hydrogen) atoms. The number of hydrogen-bond acceptors (Lipinski definition) is 8. The Balaban J connectivity index is 1.75. The minimum atomic E-state index is -1.02. The Labute approximate surface area is 292 Å². The number of nitrogens with zero attached hydrogens (tertiary/aromatic N) is 2. The predicted molar refractivity (Wildman–Crippen MR) is 189 cm³/mol. The van der Waals surface area contributed by atoms with Gasteiger partial charge in [-0.2, -0.15) is 0 Å². The average molecular weight is 685 g/mol. The van der Waals surface area contributed by atoms with Crippen LogP contribution in [0, 0.1) is 11.8 Å². The van der Waals surface area contributed by atoms with E-state index in [4.69, 9.17) is 9.47 Å². The zero-order chi connectivity index (χ0) is 36.5. The molecule has 2 aromatic rings. The highest BCUT2D eigenvalue weighted by Gasteiger charge is 2.48. The monoisotopic (exact) mass is 684 g/mol. The summed E-state index contributed by atoms with van der Waals surface area (Å²) in [6, 6.07) is 11.9. The zero-order valence-corrected chi connectivity index (χ0v) is 28.9. The highest BCUT2D eigenvalue weighted by atomic mass is 16.5. The van der Waals surface area contributed by atoms with Gasteiger partial charge in [0.2, 0.25) is 11.8 Å². The molecule has 12 nitrogen and oxygen atoms in total. The Bertz CT molecular complexity index is 1590. The van der Waals surface area contributed by atoms with Crippen molar-refractivity contribution in [1.29, 1.82) is 0 Å². The van der Waals surface area contributed by atoms with Crippen LogP contribution in [0.2, 0.25) is 0 Å². The summed E-state index contributed by atoms with van der Waals surface area (Å²) in [5, 5.41) is 5.11. The number of benzene rings is 2. The number of ether oxygens (including phenoxy) is 2. The number of rotatable bonds is 16. The second kappa shape index (κ2) is 16.7. The van der Waals surface area contributed by atoms with Crippen LogP contribution in [-0.4, -0.2) is 74.0 Å². The van der Waals surface area contributed by atoms with E-state index in [0.717, 1.165) is 12.2 Å². The van der Waals surface area contributed by atoms with E-state index in [1.165, 1.54) is 9.80 Å². The van der Waals surface area contributed by atoms with Crippen molar-refractivity contribution in [3.8, 4) is 0 Å². The van der Waals surface area contributed by atoms with E-state index in [1.807, 2.05) is 27.7 Å². The van der Waals surface area contributed by atoms with Gasteiger partial charge in [0.05, 0.1) is 35.6 Å². The van der Waals surface area contributed by atoms with Crippen molar-refractivity contribution in [2.45, 2.75) is 52.6 Å². The number of amides is 4. The minimum absolute atomic E-state index is 0.0121. The van der Waals surface area contributed by atoms with Gasteiger partial charge in [-0.15, -0.1) is 0 Å². The molecule has 0 aromatic heterocycles. The number of fused-ring (bicyclic) bond motifs is 2. The molecule has 0 bridgehead atoms. The fraction of sp³-hybridized carbons (Fsp3) is 0.368. The summed E-state index contributed by atoms with van der Waals surface area (Å²) >= 11 is 0. The van der Waals surface area contributed by atoms with Crippen LogP contribution in [0.5, 0.6) is 0 Å². The van der Waals surface area contributed by atoms with Crippen LogP contribution in [0.25, 0.3) is 11.1 Å². The minimum Gasteiger partial charge on any atom is -0.462 e. The third-order valence-electron chi connectivity index (χ3n) is 8.20. The third kappa shape index (κ3) is 8.19. The number of carbonyl (C=O) groups excluding carboxylic acids is 6. The molecule has 0 aliphatic carbocycles. The van der Waals surface area contributed by atoms with E-state index in [2.05, 4.69) is 23.8 Å². The summed E-state index contributed by atoms with van der Waals surface area (Å²) < 4.78 is 11.1. The summed E-state index contributed by atoms with van der Waals surface area (Å²) in [7, 11) is 0. The molecular formula is C38H44N4O8. The fourth-order valence-electron chi connectivity index (χ4n) is 6.08. The van der Waals surface area contributed by atoms with Crippen LogP contribution >= 0.6 is 0 Å². The molecule has 2 aromatic carbocycles. The molecule has 0 saturated heterocycles. The molecule has 0 spiro atoms. The lowest BCUT2D eigenvalue weighted by molar-refractivity contribution is -0.147. The maximum atomic E-state index is 14.6. The van der Waals surface area contributed by atoms with Crippen molar-refractivity contribution < 1.29 is 38.2 Å². The average Bonchev–Trinajstić information content (AvgIpc) is 3.54. The van der Waals surface area contributed by atoms with E-state index in [0.29, 0.717) is 22.5 Å². The van der Waals surface area contributed by atoms with Gasteiger partial charge in [0.15, 0.2) is 0 Å². The van der Waals surface area contributed by atoms with Crippen molar-refractivity contribution in [1.82, 2.24) is 10.6 Å². The summed E-state index contributed by atoms with van der Waals surface area (Å²) in [6.45, 7) is 14.4. The molecule has 0 fully saturated rings. The van der Waals surface area contributed by atoms with Crippen LogP contribution in [0.1, 0.15) is 51.7 Å². The first-order valence-electron chi connectivity index (χ1n) is 16.6. The van der Waals surface area contributed by atoms with Gasteiger partial charge in [0, 0.05) is 11.1 Å². The predicted octanol–water partition coefficient (Wildman–Crippen LogP) is 3.81. The Kier molecular flexibility index (Phi) is 12.5. The van der Waals surface area contributed by atoms with Gasteiger partial charge in [-0.05, 0) is 49.0 Å². The maximum Gasteiger partial charge on any atom is 0.329 e. The molecule has 2 aliphatic rings. The number of para-hydroxylation sites is 2. The van der Waals surface area contributed by atoms with Gasteiger partial charge in [-0.25, -0.2) is 9.59 Å². The van der Waals surface area contributed by atoms with Crippen LogP contribution in [-0.2, 0) is 38.2 Å². The van der Waals surface area contributed by atoms with Gasteiger partial charge >= 0.3 is 11.9 Å². The quantitative estimate of drug-likeness (QED) is 0.154. The number of esters is 2. The van der Waals surface area contributed by atoms with Crippen molar-refractivity contribution in [2.24, 2.45) is 11.8 Å². The number of anilines is 2. The standard InChI is InChI=1S/C38H44N4O8/c1-7-31(43)39-17-19-49-37(47)29(21-23(3)4)41-27-15-11-9-13-25(27)33(35(41)45)34-26-14-10-12-16-28(26)42(36(34)46)30(22-24(5)6)38(48)50-20-18-40-32(44)8-2/h7-16,23-24,29-30H,1-2,17-22H2,3-6H3,(H,39,43)(H,40,44)/b34-33+. The fourth-order valence-corrected chi connectivity index (χ4v) is 6.08. The van der Waals surface area contributed by atoms with Crippen LogP contribution in [0.4, 0.5) is 11.4 Å². The summed E-state index contributed by atoms with van der Waals surface area (Å²) in [5.41, 5.74) is 2.07. The van der Waals surface area contributed by atoms with E-state index in [9.17, 15) is 28.8 Å².